The van der Waals surface area contributed by atoms with Gasteiger partial charge in [-0.25, -0.2) is 4.39 Å². The highest BCUT2D eigenvalue weighted by Gasteiger charge is 2.32. The zero-order chi connectivity index (χ0) is 15.4. The Morgan fingerprint density at radius 1 is 1.33 bits per heavy atom. The average molecular weight is 328 g/mol. The number of nitrogens with one attached hydrogen (secondary N) is 1. The molecule has 21 heavy (non-hydrogen) atoms. The van der Waals surface area contributed by atoms with Gasteiger partial charge < -0.3 is 5.32 Å². The summed E-state index contributed by atoms with van der Waals surface area (Å²) in [6, 6.07) is 5.42. The largest absolute Gasteiger partial charge is 0.309 e. The summed E-state index contributed by atoms with van der Waals surface area (Å²) in [7, 11) is 0. The molecule has 1 aromatic carbocycles. The molecular formula is C17H26FNS2. The fraction of sp³-hybridized carbons (Fsp3) is 0.647. The van der Waals surface area contributed by atoms with Gasteiger partial charge in [0.15, 0.2) is 0 Å². The van der Waals surface area contributed by atoms with Crippen LogP contribution in [0.2, 0.25) is 0 Å². The molecule has 4 heteroatoms. The third-order valence-corrected chi connectivity index (χ3v) is 7.63. The van der Waals surface area contributed by atoms with Gasteiger partial charge in [0.05, 0.1) is 0 Å². The van der Waals surface area contributed by atoms with Gasteiger partial charge in [-0.3, -0.25) is 0 Å². The maximum atomic E-state index is 13.7. The van der Waals surface area contributed by atoms with Crippen LogP contribution in [-0.4, -0.2) is 28.0 Å². The van der Waals surface area contributed by atoms with Gasteiger partial charge in [-0.1, -0.05) is 26.8 Å². The van der Waals surface area contributed by atoms with E-state index in [0.29, 0.717) is 15.7 Å². The van der Waals surface area contributed by atoms with E-state index in [1.54, 1.807) is 12.1 Å². The van der Waals surface area contributed by atoms with E-state index in [4.69, 9.17) is 0 Å². The Balaban J connectivity index is 2.23. The van der Waals surface area contributed by atoms with Gasteiger partial charge in [0.25, 0.3) is 0 Å². The lowest BCUT2D eigenvalue weighted by molar-refractivity contribution is 0.520. The maximum Gasteiger partial charge on any atom is 0.123 e. The van der Waals surface area contributed by atoms with E-state index in [-0.39, 0.29) is 11.9 Å². The lowest BCUT2D eigenvalue weighted by atomic mass is 9.98. The molecule has 1 aliphatic rings. The Morgan fingerprint density at radius 2 is 2.10 bits per heavy atom. The van der Waals surface area contributed by atoms with Gasteiger partial charge in [0.2, 0.25) is 0 Å². The molecule has 1 nitrogen and oxygen atoms in total. The van der Waals surface area contributed by atoms with Gasteiger partial charge in [-0.05, 0) is 43.1 Å². The number of aryl methyl sites for hydroxylation is 1. The highest BCUT2D eigenvalue weighted by molar-refractivity contribution is 8.07. The van der Waals surface area contributed by atoms with E-state index in [0.717, 1.165) is 24.3 Å². The highest BCUT2D eigenvalue weighted by Crippen LogP contribution is 2.41. The molecule has 118 valence electrons. The Labute approximate surface area is 136 Å². The summed E-state index contributed by atoms with van der Waals surface area (Å²) in [6.07, 6.45) is 1.10. The van der Waals surface area contributed by atoms with Crippen molar-refractivity contribution in [1.29, 1.82) is 0 Å². The minimum Gasteiger partial charge on any atom is -0.309 e. The Morgan fingerprint density at radius 3 is 2.76 bits per heavy atom. The molecule has 0 radical (unpaired) electrons. The molecule has 0 spiro atoms. The first kappa shape index (κ1) is 17.2. The van der Waals surface area contributed by atoms with Crippen LogP contribution in [0.5, 0.6) is 0 Å². The van der Waals surface area contributed by atoms with Crippen LogP contribution in [0, 0.1) is 12.7 Å². The second-order valence-corrected chi connectivity index (χ2v) is 8.88. The summed E-state index contributed by atoms with van der Waals surface area (Å²) >= 11 is 4.10. The van der Waals surface area contributed by atoms with Crippen molar-refractivity contribution >= 4 is 23.5 Å². The van der Waals surface area contributed by atoms with Crippen molar-refractivity contribution < 1.29 is 4.39 Å². The second-order valence-electron chi connectivity index (χ2n) is 5.85. The maximum absolute atomic E-state index is 13.7. The summed E-state index contributed by atoms with van der Waals surface area (Å²) in [5.74, 6) is 1.00. The summed E-state index contributed by atoms with van der Waals surface area (Å²) in [5.41, 5.74) is 2.31. The van der Waals surface area contributed by atoms with E-state index in [1.807, 2.05) is 17.8 Å². The predicted octanol–water partition coefficient (Wildman–Crippen LogP) is 4.80. The zero-order valence-corrected chi connectivity index (χ0v) is 15.0. The first-order chi connectivity index (χ1) is 10.0. The SMILES string of the molecule is CCCNC(c1cc(F)ccc1C)C1CSC(C)C(C)S1. The van der Waals surface area contributed by atoms with Crippen LogP contribution in [0.15, 0.2) is 18.2 Å². The zero-order valence-electron chi connectivity index (χ0n) is 13.4. The number of halogens is 1. The number of benzene rings is 1. The predicted molar refractivity (Wildman–Crippen MR) is 94.9 cm³/mol. The second kappa shape index (κ2) is 7.89. The van der Waals surface area contributed by atoms with Crippen LogP contribution < -0.4 is 5.32 Å². The number of hydrogen-bond donors (Lipinski definition) is 1. The normalized spacial score (nSPS) is 27.6. The van der Waals surface area contributed by atoms with Crippen molar-refractivity contribution in [3.8, 4) is 0 Å². The number of rotatable bonds is 5. The van der Waals surface area contributed by atoms with Gasteiger partial charge in [-0.2, -0.15) is 23.5 Å². The van der Waals surface area contributed by atoms with Crippen molar-refractivity contribution in [3.05, 3.63) is 35.1 Å². The van der Waals surface area contributed by atoms with Gasteiger partial charge in [0, 0.05) is 27.5 Å². The van der Waals surface area contributed by atoms with E-state index in [1.165, 1.54) is 5.56 Å². The summed E-state index contributed by atoms with van der Waals surface area (Å²) < 4.78 is 13.7. The summed E-state index contributed by atoms with van der Waals surface area (Å²) in [5, 5.41) is 5.51. The quantitative estimate of drug-likeness (QED) is 0.834. The number of hydrogen-bond acceptors (Lipinski definition) is 3. The molecule has 1 fully saturated rings. The number of thioether (sulfide) groups is 2. The Bertz CT molecular complexity index is 466. The third kappa shape index (κ3) is 4.40. The van der Waals surface area contributed by atoms with Crippen molar-refractivity contribution in [1.82, 2.24) is 5.32 Å². The van der Waals surface area contributed by atoms with Crippen molar-refractivity contribution in [3.63, 3.8) is 0 Å². The smallest absolute Gasteiger partial charge is 0.123 e. The lowest BCUT2D eigenvalue weighted by Crippen LogP contribution is -2.38. The molecule has 4 unspecified atom stereocenters. The van der Waals surface area contributed by atoms with Gasteiger partial charge >= 0.3 is 0 Å². The first-order valence-electron chi connectivity index (χ1n) is 7.79. The third-order valence-electron chi connectivity index (χ3n) is 4.14. The van der Waals surface area contributed by atoms with Crippen molar-refractivity contribution in [2.45, 2.75) is 55.9 Å². The van der Waals surface area contributed by atoms with E-state index < -0.39 is 0 Å². The molecule has 0 saturated carbocycles. The fourth-order valence-corrected chi connectivity index (χ4v) is 5.78. The molecule has 0 aliphatic carbocycles. The molecule has 1 aliphatic heterocycles. The van der Waals surface area contributed by atoms with Crippen LogP contribution in [0.3, 0.4) is 0 Å². The molecule has 4 atom stereocenters. The minimum absolute atomic E-state index is 0.131. The Kier molecular flexibility index (Phi) is 6.45. The molecule has 1 saturated heterocycles. The molecule has 2 rings (SSSR count). The summed E-state index contributed by atoms with van der Waals surface area (Å²) in [4.78, 5) is 0. The van der Waals surface area contributed by atoms with Crippen LogP contribution in [0.4, 0.5) is 4.39 Å². The van der Waals surface area contributed by atoms with E-state index in [9.17, 15) is 4.39 Å². The molecular weight excluding hydrogens is 301 g/mol. The standard InChI is InChI=1S/C17H26FNS2/c1-5-8-19-17(15-9-14(18)7-6-11(15)2)16-10-20-12(3)13(4)21-16/h6-7,9,12-13,16-17,19H,5,8,10H2,1-4H3. The molecule has 1 aromatic rings. The lowest BCUT2D eigenvalue weighted by Gasteiger charge is -2.37. The monoisotopic (exact) mass is 327 g/mol. The van der Waals surface area contributed by atoms with Gasteiger partial charge in [-0.15, -0.1) is 0 Å². The van der Waals surface area contributed by atoms with Crippen LogP contribution in [-0.2, 0) is 0 Å². The average Bonchev–Trinajstić information content (AvgIpc) is 2.46. The highest BCUT2D eigenvalue weighted by atomic mass is 32.2. The Hall–Kier alpha value is -0.190. The van der Waals surface area contributed by atoms with Gasteiger partial charge in [0.1, 0.15) is 5.82 Å². The van der Waals surface area contributed by atoms with E-state index >= 15 is 0 Å². The minimum atomic E-state index is -0.131. The first-order valence-corrected chi connectivity index (χ1v) is 9.78. The molecule has 0 amide bonds. The fourth-order valence-electron chi connectivity index (χ4n) is 2.67. The van der Waals surface area contributed by atoms with Crippen molar-refractivity contribution in [2.75, 3.05) is 12.3 Å². The van der Waals surface area contributed by atoms with Crippen LogP contribution in [0.25, 0.3) is 0 Å². The van der Waals surface area contributed by atoms with Crippen LogP contribution >= 0.6 is 23.5 Å². The van der Waals surface area contributed by atoms with Crippen LogP contribution in [0.1, 0.15) is 44.4 Å². The van der Waals surface area contributed by atoms with E-state index in [2.05, 4.69) is 44.8 Å². The summed E-state index contributed by atoms with van der Waals surface area (Å²) in [6.45, 7) is 9.86. The topological polar surface area (TPSA) is 12.0 Å². The van der Waals surface area contributed by atoms with Crippen molar-refractivity contribution in [2.24, 2.45) is 0 Å². The molecule has 0 aromatic heterocycles. The molecule has 1 N–H and O–H groups in total. The molecule has 0 bridgehead atoms. The molecule has 1 heterocycles.